The number of hydrogen-bond acceptors (Lipinski definition) is 5. The molecule has 2 aliphatic rings. The van der Waals surface area contributed by atoms with Crippen LogP contribution in [-0.2, 0) is 20.9 Å². The van der Waals surface area contributed by atoms with Gasteiger partial charge in [-0.05, 0) is 61.6 Å². The quantitative estimate of drug-likeness (QED) is 0.393. The Morgan fingerprint density at radius 2 is 1.89 bits per heavy atom. The second kappa shape index (κ2) is 10.2. The Kier molecular flexibility index (Phi) is 7.43. The van der Waals surface area contributed by atoms with Gasteiger partial charge in [0.1, 0.15) is 12.4 Å². The van der Waals surface area contributed by atoms with Crippen LogP contribution in [0.3, 0.4) is 0 Å². The van der Waals surface area contributed by atoms with Crippen LogP contribution in [-0.4, -0.2) is 18.4 Å². The highest BCUT2D eigenvalue weighted by Gasteiger charge is 2.44. The Morgan fingerprint density at radius 3 is 2.57 bits per heavy atom. The molecule has 0 saturated carbocycles. The van der Waals surface area contributed by atoms with Crippen LogP contribution < -0.4 is 10.1 Å². The van der Waals surface area contributed by atoms with Crippen LogP contribution >= 0.6 is 27.5 Å². The fraction of sp³-hybridized carbons (Fsp3) is 0.357. The van der Waals surface area contributed by atoms with Crippen molar-refractivity contribution in [3.8, 4) is 5.75 Å². The molecule has 1 heterocycles. The first-order chi connectivity index (χ1) is 16.6. The standard InChI is InChI=1S/C28H29BrClNO4/c1-5-34-27(33)24-16(2)31-21-13-28(3,4)14-22(32)26(21)25(24)20-12-18(29)8-11-23(20)35-15-17-6-9-19(30)10-7-17/h6-12,25,31H,5,13-15H2,1-4H3/t25-/m1/s1. The van der Waals surface area contributed by atoms with Gasteiger partial charge in [-0.1, -0.05) is 53.5 Å². The number of ketones is 1. The maximum atomic E-state index is 13.5. The Balaban J connectivity index is 1.83. The van der Waals surface area contributed by atoms with Gasteiger partial charge in [0, 0.05) is 38.4 Å². The number of dihydropyridines is 1. The summed E-state index contributed by atoms with van der Waals surface area (Å²) in [6.45, 7) is 8.38. The molecule has 0 radical (unpaired) electrons. The number of ether oxygens (including phenoxy) is 2. The summed E-state index contributed by atoms with van der Waals surface area (Å²) < 4.78 is 12.5. The number of allylic oxidation sites excluding steroid dienone is 3. The fourth-order valence-corrected chi connectivity index (χ4v) is 5.35. The predicted octanol–water partition coefficient (Wildman–Crippen LogP) is 6.85. The Labute approximate surface area is 219 Å². The molecule has 1 aliphatic heterocycles. The van der Waals surface area contributed by atoms with Crippen LogP contribution in [0.4, 0.5) is 0 Å². The van der Waals surface area contributed by atoms with E-state index < -0.39 is 11.9 Å². The largest absolute Gasteiger partial charge is 0.489 e. The van der Waals surface area contributed by atoms with Crippen molar-refractivity contribution in [1.82, 2.24) is 5.32 Å². The molecule has 0 bridgehead atoms. The van der Waals surface area contributed by atoms with Crippen molar-refractivity contribution in [2.45, 2.75) is 53.1 Å². The summed E-state index contributed by atoms with van der Waals surface area (Å²) in [6, 6.07) is 13.1. The number of carbonyl (C=O) groups is 2. The van der Waals surface area contributed by atoms with Crippen LogP contribution in [0, 0.1) is 5.41 Å². The molecular weight excluding hydrogens is 530 g/mol. The first-order valence-electron chi connectivity index (χ1n) is 11.7. The van der Waals surface area contributed by atoms with Crippen molar-refractivity contribution in [2.24, 2.45) is 5.41 Å². The van der Waals surface area contributed by atoms with Gasteiger partial charge in [-0.3, -0.25) is 4.79 Å². The van der Waals surface area contributed by atoms with Crippen molar-refractivity contribution < 1.29 is 19.1 Å². The third-order valence-electron chi connectivity index (χ3n) is 6.33. The number of benzene rings is 2. The zero-order chi connectivity index (χ0) is 25.3. The van der Waals surface area contributed by atoms with Gasteiger partial charge in [0.15, 0.2) is 5.78 Å². The maximum Gasteiger partial charge on any atom is 0.336 e. The molecule has 7 heteroatoms. The number of Topliss-reactive ketones (excluding diaryl/α,β-unsaturated/α-hetero) is 1. The molecule has 0 fully saturated rings. The van der Waals surface area contributed by atoms with Gasteiger partial charge in [-0.25, -0.2) is 4.79 Å². The lowest BCUT2D eigenvalue weighted by atomic mass is 9.68. The zero-order valence-electron chi connectivity index (χ0n) is 20.3. The number of esters is 1. The summed E-state index contributed by atoms with van der Waals surface area (Å²) in [7, 11) is 0. The molecule has 0 saturated heterocycles. The topological polar surface area (TPSA) is 64.6 Å². The van der Waals surface area contributed by atoms with Crippen LogP contribution in [0.1, 0.15) is 57.6 Å². The maximum absolute atomic E-state index is 13.5. The summed E-state index contributed by atoms with van der Waals surface area (Å²) in [5.74, 6) is -0.386. The Bertz CT molecular complexity index is 1230. The van der Waals surface area contributed by atoms with Gasteiger partial charge in [0.2, 0.25) is 0 Å². The third kappa shape index (κ3) is 5.49. The summed E-state index contributed by atoms with van der Waals surface area (Å²) in [6.07, 6.45) is 1.13. The van der Waals surface area contributed by atoms with Crippen LogP contribution in [0.15, 0.2) is 69.5 Å². The first kappa shape index (κ1) is 25.5. The highest BCUT2D eigenvalue weighted by Crippen LogP contribution is 2.49. The predicted molar refractivity (Wildman–Crippen MR) is 140 cm³/mol. The third-order valence-corrected chi connectivity index (χ3v) is 7.07. The monoisotopic (exact) mass is 557 g/mol. The van der Waals surface area contributed by atoms with Crippen molar-refractivity contribution in [3.05, 3.63) is 85.6 Å². The lowest BCUT2D eigenvalue weighted by Crippen LogP contribution is -2.38. The zero-order valence-corrected chi connectivity index (χ0v) is 22.7. The Hall–Kier alpha value is -2.57. The van der Waals surface area contributed by atoms with Crippen molar-refractivity contribution >= 4 is 39.3 Å². The molecule has 1 N–H and O–H groups in total. The molecule has 1 aliphatic carbocycles. The second-order valence-corrected chi connectivity index (χ2v) is 11.1. The van der Waals surface area contributed by atoms with E-state index in [4.69, 9.17) is 21.1 Å². The van der Waals surface area contributed by atoms with Crippen molar-refractivity contribution in [2.75, 3.05) is 6.61 Å². The number of nitrogens with one attached hydrogen (secondary N) is 1. The molecule has 4 rings (SSSR count). The van der Waals surface area contributed by atoms with Crippen LogP contribution in [0.25, 0.3) is 0 Å². The molecule has 0 spiro atoms. The minimum atomic E-state index is -0.591. The number of hydrogen-bond donors (Lipinski definition) is 1. The minimum Gasteiger partial charge on any atom is -0.489 e. The van der Waals surface area contributed by atoms with Gasteiger partial charge < -0.3 is 14.8 Å². The van der Waals surface area contributed by atoms with E-state index in [1.165, 1.54) is 0 Å². The number of halogens is 2. The van der Waals surface area contributed by atoms with E-state index in [1.807, 2.05) is 49.4 Å². The fourth-order valence-electron chi connectivity index (χ4n) is 4.84. The average molecular weight is 559 g/mol. The van der Waals surface area contributed by atoms with Crippen LogP contribution in [0.5, 0.6) is 5.75 Å². The summed E-state index contributed by atoms with van der Waals surface area (Å²) in [5, 5.41) is 4.02. The molecule has 5 nitrogen and oxygen atoms in total. The number of rotatable bonds is 6. The highest BCUT2D eigenvalue weighted by atomic mass is 79.9. The summed E-state index contributed by atoms with van der Waals surface area (Å²) >= 11 is 9.59. The molecule has 0 amide bonds. The lowest BCUT2D eigenvalue weighted by Gasteiger charge is -2.39. The van der Waals surface area contributed by atoms with Gasteiger partial charge >= 0.3 is 5.97 Å². The lowest BCUT2D eigenvalue weighted by molar-refractivity contribution is -0.138. The normalized spacial score (nSPS) is 19.3. The minimum absolute atomic E-state index is 0.0340. The van der Waals surface area contributed by atoms with Gasteiger partial charge in [-0.2, -0.15) is 0 Å². The van der Waals surface area contributed by atoms with E-state index in [2.05, 4.69) is 35.1 Å². The highest BCUT2D eigenvalue weighted by molar-refractivity contribution is 9.10. The van der Waals surface area contributed by atoms with E-state index >= 15 is 0 Å². The Morgan fingerprint density at radius 1 is 1.17 bits per heavy atom. The van der Waals surface area contributed by atoms with E-state index in [9.17, 15) is 9.59 Å². The smallest absolute Gasteiger partial charge is 0.336 e. The molecule has 184 valence electrons. The molecular formula is C28H29BrClNO4. The first-order valence-corrected chi connectivity index (χ1v) is 12.8. The van der Waals surface area contributed by atoms with E-state index in [-0.39, 0.29) is 17.8 Å². The van der Waals surface area contributed by atoms with Gasteiger partial charge in [0.25, 0.3) is 0 Å². The van der Waals surface area contributed by atoms with Crippen molar-refractivity contribution in [1.29, 1.82) is 0 Å². The van der Waals surface area contributed by atoms with Crippen LogP contribution in [0.2, 0.25) is 5.02 Å². The molecule has 1 atom stereocenters. The SMILES string of the molecule is CCOC(=O)C1=C(C)NC2=C(C(=O)CC(C)(C)C2)[C@@H]1c1cc(Br)ccc1OCc1ccc(Cl)cc1. The molecule has 0 aromatic heterocycles. The molecule has 2 aromatic carbocycles. The summed E-state index contributed by atoms with van der Waals surface area (Å²) in [4.78, 5) is 26.7. The molecule has 0 unspecified atom stereocenters. The average Bonchev–Trinajstić information content (AvgIpc) is 2.77. The van der Waals surface area contributed by atoms with Gasteiger partial charge in [0.05, 0.1) is 18.1 Å². The molecule has 35 heavy (non-hydrogen) atoms. The molecule has 2 aromatic rings. The van der Waals surface area contributed by atoms with E-state index in [0.717, 1.165) is 21.3 Å². The van der Waals surface area contributed by atoms with E-state index in [0.29, 0.717) is 47.1 Å². The van der Waals surface area contributed by atoms with E-state index in [1.54, 1.807) is 6.92 Å². The van der Waals surface area contributed by atoms with Crippen molar-refractivity contribution in [3.63, 3.8) is 0 Å². The number of carbonyl (C=O) groups excluding carboxylic acids is 2. The summed E-state index contributed by atoms with van der Waals surface area (Å²) in [5.41, 5.74) is 4.16. The van der Waals surface area contributed by atoms with Gasteiger partial charge in [-0.15, -0.1) is 0 Å². The second-order valence-electron chi connectivity index (χ2n) is 9.75.